The van der Waals surface area contributed by atoms with E-state index < -0.39 is 0 Å². The number of nitrogens with one attached hydrogen (secondary N) is 1. The maximum absolute atomic E-state index is 5.92. The molecule has 21 heavy (non-hydrogen) atoms. The van der Waals surface area contributed by atoms with Crippen molar-refractivity contribution in [3.63, 3.8) is 0 Å². The van der Waals surface area contributed by atoms with Gasteiger partial charge in [-0.1, -0.05) is 13.8 Å². The summed E-state index contributed by atoms with van der Waals surface area (Å²) in [7, 11) is 0. The molecule has 5 heteroatoms. The minimum absolute atomic E-state index is 0.628. The normalized spacial score (nSPS) is 10.4. The van der Waals surface area contributed by atoms with E-state index in [2.05, 4.69) is 35.4 Å². The molecule has 0 fully saturated rings. The maximum atomic E-state index is 5.92. The molecule has 1 aromatic carbocycles. The van der Waals surface area contributed by atoms with Gasteiger partial charge >= 0.3 is 0 Å². The molecule has 1 N–H and O–H groups in total. The maximum Gasteiger partial charge on any atom is 0.227 e. The van der Waals surface area contributed by atoms with Gasteiger partial charge in [-0.15, -0.1) is 11.8 Å². The van der Waals surface area contributed by atoms with Crippen molar-refractivity contribution in [2.75, 3.05) is 18.1 Å². The highest BCUT2D eigenvalue weighted by Crippen LogP contribution is 2.28. The molecule has 0 aliphatic rings. The van der Waals surface area contributed by atoms with E-state index >= 15 is 0 Å². The van der Waals surface area contributed by atoms with Gasteiger partial charge in [0, 0.05) is 11.4 Å². The molecular formula is C16H21N3OS. The Kier molecular flexibility index (Phi) is 5.87. The SMILES string of the molecule is CCCNc1ncnc(Oc2ccc(SC)cc2)c1CC. The first-order valence-electron chi connectivity index (χ1n) is 7.18. The number of aromatic nitrogens is 2. The van der Waals surface area contributed by atoms with Crippen molar-refractivity contribution in [3.8, 4) is 11.6 Å². The molecule has 0 aliphatic carbocycles. The quantitative estimate of drug-likeness (QED) is 0.769. The van der Waals surface area contributed by atoms with Crippen LogP contribution in [0.4, 0.5) is 5.82 Å². The Labute approximate surface area is 130 Å². The summed E-state index contributed by atoms with van der Waals surface area (Å²) in [5, 5.41) is 3.32. The fourth-order valence-corrected chi connectivity index (χ4v) is 2.36. The third-order valence-electron chi connectivity index (χ3n) is 3.08. The number of anilines is 1. The molecule has 0 aliphatic heterocycles. The Morgan fingerprint density at radius 2 is 1.90 bits per heavy atom. The average molecular weight is 303 g/mol. The van der Waals surface area contributed by atoms with Gasteiger partial charge in [0.1, 0.15) is 17.9 Å². The first-order valence-corrected chi connectivity index (χ1v) is 8.40. The average Bonchev–Trinajstić information content (AvgIpc) is 2.53. The molecule has 0 spiro atoms. The van der Waals surface area contributed by atoms with Crippen molar-refractivity contribution in [1.82, 2.24) is 9.97 Å². The zero-order chi connectivity index (χ0) is 15.1. The van der Waals surface area contributed by atoms with E-state index in [1.807, 2.05) is 24.3 Å². The number of benzene rings is 1. The lowest BCUT2D eigenvalue weighted by molar-refractivity contribution is 0.455. The second-order valence-electron chi connectivity index (χ2n) is 4.56. The minimum atomic E-state index is 0.628. The second kappa shape index (κ2) is 7.88. The van der Waals surface area contributed by atoms with Crippen LogP contribution in [0, 0.1) is 0 Å². The second-order valence-corrected chi connectivity index (χ2v) is 5.44. The van der Waals surface area contributed by atoms with Gasteiger partial charge in [-0.2, -0.15) is 0 Å². The Morgan fingerprint density at radius 1 is 1.14 bits per heavy atom. The molecule has 0 unspecified atom stereocenters. The standard InChI is InChI=1S/C16H21N3OS/c1-4-10-17-15-14(5-2)16(19-11-18-15)20-12-6-8-13(21-3)9-7-12/h6-9,11H,4-5,10H2,1-3H3,(H,17,18,19). The van der Waals surface area contributed by atoms with Gasteiger partial charge in [0.2, 0.25) is 5.88 Å². The summed E-state index contributed by atoms with van der Waals surface area (Å²) in [6.07, 6.45) is 5.48. The molecule has 0 saturated carbocycles. The van der Waals surface area contributed by atoms with Gasteiger partial charge in [0.25, 0.3) is 0 Å². The van der Waals surface area contributed by atoms with Crippen LogP contribution in [0.1, 0.15) is 25.8 Å². The molecule has 2 aromatic rings. The van der Waals surface area contributed by atoms with Gasteiger partial charge < -0.3 is 10.1 Å². The number of rotatable bonds is 7. The summed E-state index contributed by atoms with van der Waals surface area (Å²) in [5.74, 6) is 2.29. The van der Waals surface area contributed by atoms with E-state index in [0.29, 0.717) is 5.88 Å². The van der Waals surface area contributed by atoms with Crippen molar-refractivity contribution in [3.05, 3.63) is 36.2 Å². The highest BCUT2D eigenvalue weighted by molar-refractivity contribution is 7.98. The van der Waals surface area contributed by atoms with Crippen molar-refractivity contribution in [1.29, 1.82) is 0 Å². The number of hydrogen-bond acceptors (Lipinski definition) is 5. The molecule has 0 saturated heterocycles. The summed E-state index contributed by atoms with van der Waals surface area (Å²) in [6.45, 7) is 5.11. The summed E-state index contributed by atoms with van der Waals surface area (Å²) in [6, 6.07) is 8.02. The van der Waals surface area contributed by atoms with Gasteiger partial charge in [-0.25, -0.2) is 9.97 Å². The lowest BCUT2D eigenvalue weighted by Crippen LogP contribution is -2.07. The topological polar surface area (TPSA) is 47.0 Å². The van der Waals surface area contributed by atoms with E-state index in [1.165, 1.54) is 4.90 Å². The smallest absolute Gasteiger partial charge is 0.227 e. The van der Waals surface area contributed by atoms with E-state index in [0.717, 1.165) is 36.5 Å². The number of nitrogens with zero attached hydrogens (tertiary/aromatic N) is 2. The number of thioether (sulfide) groups is 1. The predicted molar refractivity (Wildman–Crippen MR) is 88.5 cm³/mol. The van der Waals surface area contributed by atoms with E-state index in [1.54, 1.807) is 18.1 Å². The molecular weight excluding hydrogens is 282 g/mol. The fourth-order valence-electron chi connectivity index (χ4n) is 1.95. The van der Waals surface area contributed by atoms with Gasteiger partial charge in [-0.3, -0.25) is 0 Å². The molecule has 4 nitrogen and oxygen atoms in total. The first-order chi connectivity index (χ1) is 10.3. The zero-order valence-corrected chi connectivity index (χ0v) is 13.5. The van der Waals surface area contributed by atoms with Crippen molar-refractivity contribution >= 4 is 17.6 Å². The highest BCUT2D eigenvalue weighted by Gasteiger charge is 2.11. The van der Waals surface area contributed by atoms with Gasteiger partial charge in [-0.05, 0) is 43.4 Å². The lowest BCUT2D eigenvalue weighted by atomic mass is 10.2. The Morgan fingerprint density at radius 3 is 2.52 bits per heavy atom. The van der Waals surface area contributed by atoms with E-state index in [9.17, 15) is 0 Å². The van der Waals surface area contributed by atoms with Crippen molar-refractivity contribution in [2.24, 2.45) is 0 Å². The highest BCUT2D eigenvalue weighted by atomic mass is 32.2. The van der Waals surface area contributed by atoms with Crippen LogP contribution in [-0.2, 0) is 6.42 Å². The summed E-state index contributed by atoms with van der Waals surface area (Å²) >= 11 is 1.71. The van der Waals surface area contributed by atoms with Crippen LogP contribution in [0.3, 0.4) is 0 Å². The monoisotopic (exact) mass is 303 g/mol. The van der Waals surface area contributed by atoms with Crippen LogP contribution >= 0.6 is 11.8 Å². The first kappa shape index (κ1) is 15.6. The molecule has 0 bridgehead atoms. The number of hydrogen-bond donors (Lipinski definition) is 1. The molecule has 0 amide bonds. The van der Waals surface area contributed by atoms with Crippen LogP contribution < -0.4 is 10.1 Å². The molecule has 112 valence electrons. The van der Waals surface area contributed by atoms with E-state index in [4.69, 9.17) is 4.74 Å². The molecule has 1 aromatic heterocycles. The van der Waals surface area contributed by atoms with Crippen molar-refractivity contribution in [2.45, 2.75) is 31.6 Å². The summed E-state index contributed by atoms with van der Waals surface area (Å²) < 4.78 is 5.92. The van der Waals surface area contributed by atoms with Crippen LogP contribution in [0.15, 0.2) is 35.5 Å². The van der Waals surface area contributed by atoms with Crippen LogP contribution in [0.5, 0.6) is 11.6 Å². The lowest BCUT2D eigenvalue weighted by Gasteiger charge is -2.13. The molecule has 0 radical (unpaired) electrons. The number of ether oxygens (including phenoxy) is 1. The van der Waals surface area contributed by atoms with Gasteiger partial charge in [0.15, 0.2) is 0 Å². The molecule has 0 atom stereocenters. The Hall–Kier alpha value is -1.75. The summed E-state index contributed by atoms with van der Waals surface area (Å²) in [4.78, 5) is 9.80. The Bertz CT molecular complexity index is 572. The van der Waals surface area contributed by atoms with E-state index in [-0.39, 0.29) is 0 Å². The zero-order valence-electron chi connectivity index (χ0n) is 12.7. The van der Waals surface area contributed by atoms with Crippen LogP contribution in [0.25, 0.3) is 0 Å². The van der Waals surface area contributed by atoms with Crippen LogP contribution in [-0.4, -0.2) is 22.8 Å². The third-order valence-corrected chi connectivity index (χ3v) is 3.82. The van der Waals surface area contributed by atoms with Crippen molar-refractivity contribution < 1.29 is 4.74 Å². The fraction of sp³-hybridized carbons (Fsp3) is 0.375. The largest absolute Gasteiger partial charge is 0.439 e. The predicted octanol–water partition coefficient (Wildman–Crippen LogP) is 4.38. The summed E-state index contributed by atoms with van der Waals surface area (Å²) in [5.41, 5.74) is 1.01. The third kappa shape index (κ3) is 4.11. The minimum Gasteiger partial charge on any atom is -0.439 e. The van der Waals surface area contributed by atoms with Crippen LogP contribution in [0.2, 0.25) is 0 Å². The van der Waals surface area contributed by atoms with Gasteiger partial charge in [0.05, 0.1) is 5.56 Å². The molecule has 1 heterocycles. The Balaban J connectivity index is 2.21. The molecule has 2 rings (SSSR count).